The zero-order chi connectivity index (χ0) is 22.1. The number of pyridine rings is 2. The molecule has 1 aliphatic heterocycles. The lowest BCUT2D eigenvalue weighted by Gasteiger charge is -2.26. The fourth-order valence-corrected chi connectivity index (χ4v) is 4.19. The Morgan fingerprint density at radius 3 is 2.72 bits per heavy atom. The van der Waals surface area contributed by atoms with Crippen LogP contribution in [0.5, 0.6) is 0 Å². The Kier molecular flexibility index (Phi) is 5.31. The second-order valence-corrected chi connectivity index (χ2v) is 8.09. The minimum absolute atomic E-state index is 0.00580. The first-order valence-corrected chi connectivity index (χ1v) is 10.6. The van der Waals surface area contributed by atoms with Gasteiger partial charge in [0, 0.05) is 31.4 Å². The molecule has 1 N–H and O–H groups in total. The van der Waals surface area contributed by atoms with E-state index in [9.17, 15) is 4.79 Å². The van der Waals surface area contributed by atoms with Gasteiger partial charge in [-0.25, -0.2) is 9.97 Å². The van der Waals surface area contributed by atoms with Crippen LogP contribution in [0.3, 0.4) is 0 Å². The molecule has 158 valence electrons. The normalized spacial score (nSPS) is 15.2. The van der Waals surface area contributed by atoms with Gasteiger partial charge in [0.2, 0.25) is 0 Å². The average Bonchev–Trinajstić information content (AvgIpc) is 3.24. The van der Waals surface area contributed by atoms with Gasteiger partial charge < -0.3 is 9.88 Å². The molecule has 32 heavy (non-hydrogen) atoms. The number of imidazole rings is 1. The van der Waals surface area contributed by atoms with E-state index in [-0.39, 0.29) is 11.6 Å². The van der Waals surface area contributed by atoms with Gasteiger partial charge in [-0.2, -0.15) is 5.26 Å². The zero-order valence-corrected chi connectivity index (χ0v) is 17.8. The van der Waals surface area contributed by atoms with E-state index in [1.165, 1.54) is 10.6 Å². The summed E-state index contributed by atoms with van der Waals surface area (Å²) in [4.78, 5) is 21.2. The maximum atomic E-state index is 12.1. The van der Waals surface area contributed by atoms with E-state index in [2.05, 4.69) is 25.9 Å². The Morgan fingerprint density at radius 1 is 1.12 bits per heavy atom. The predicted octanol–water partition coefficient (Wildman–Crippen LogP) is 3.24. The van der Waals surface area contributed by atoms with Crippen molar-refractivity contribution in [2.75, 3.05) is 6.54 Å². The van der Waals surface area contributed by atoms with E-state index < -0.39 is 0 Å². The van der Waals surface area contributed by atoms with E-state index in [1.807, 2.05) is 42.7 Å². The lowest BCUT2D eigenvalue weighted by atomic mass is 9.96. The van der Waals surface area contributed by atoms with E-state index >= 15 is 0 Å². The number of hydrogen-bond donors (Lipinski definition) is 1. The van der Waals surface area contributed by atoms with Gasteiger partial charge in [-0.1, -0.05) is 29.8 Å². The van der Waals surface area contributed by atoms with Crippen molar-refractivity contribution >= 4 is 11.6 Å². The maximum absolute atomic E-state index is 12.1. The van der Waals surface area contributed by atoms with Gasteiger partial charge in [-0.3, -0.25) is 9.36 Å². The van der Waals surface area contributed by atoms with Crippen LogP contribution in [0, 0.1) is 11.3 Å². The monoisotopic (exact) mass is 442 g/mol. The van der Waals surface area contributed by atoms with Gasteiger partial charge in [-0.05, 0) is 35.4 Å². The molecule has 4 heterocycles. The van der Waals surface area contributed by atoms with Gasteiger partial charge in [0.1, 0.15) is 5.82 Å². The SMILES string of the molecule is N#Cc1ccc(C2NCCc3ncn(Cc4ccc(-n5cc(Cl)ccc5=O)nc4)c32)cc1. The van der Waals surface area contributed by atoms with Crippen LogP contribution in [0.25, 0.3) is 5.82 Å². The fourth-order valence-electron chi connectivity index (χ4n) is 4.03. The summed E-state index contributed by atoms with van der Waals surface area (Å²) in [6.07, 6.45) is 6.06. The van der Waals surface area contributed by atoms with Crippen molar-refractivity contribution in [1.82, 2.24) is 24.4 Å². The number of benzene rings is 1. The first-order chi connectivity index (χ1) is 15.6. The van der Waals surface area contributed by atoms with Gasteiger partial charge in [0.05, 0.1) is 47.0 Å². The number of aromatic nitrogens is 4. The Bertz CT molecular complexity index is 1370. The molecule has 0 saturated heterocycles. The van der Waals surface area contributed by atoms with Crippen LogP contribution in [0.1, 0.15) is 34.1 Å². The fraction of sp³-hybridized carbons (Fsp3) is 0.167. The second kappa shape index (κ2) is 8.42. The standard InChI is InChI=1S/C24H19ClN6O/c25-19-6-8-22(32)31(14-19)21-7-3-17(12-28-21)13-30-15-29-20-9-10-27-23(24(20)30)18-4-1-16(11-26)2-5-18/h1-8,12,14-15,23,27H,9-10,13H2. The first kappa shape index (κ1) is 20.2. The van der Waals surface area contributed by atoms with E-state index in [0.717, 1.165) is 35.5 Å². The third-order valence-electron chi connectivity index (χ3n) is 5.60. The summed E-state index contributed by atoms with van der Waals surface area (Å²) in [5.41, 5.74) is 4.75. The number of nitriles is 1. The minimum Gasteiger partial charge on any atom is -0.328 e. The number of nitrogens with zero attached hydrogens (tertiary/aromatic N) is 5. The molecule has 1 atom stereocenters. The van der Waals surface area contributed by atoms with Crippen LogP contribution in [-0.2, 0) is 13.0 Å². The first-order valence-electron chi connectivity index (χ1n) is 10.2. The third kappa shape index (κ3) is 3.82. The molecule has 1 aliphatic rings. The van der Waals surface area contributed by atoms with Crippen LogP contribution < -0.4 is 10.9 Å². The molecule has 0 bridgehead atoms. The van der Waals surface area contributed by atoms with Crippen molar-refractivity contribution in [2.24, 2.45) is 0 Å². The molecule has 0 spiro atoms. The number of fused-ring (bicyclic) bond motifs is 1. The number of nitrogens with one attached hydrogen (secondary N) is 1. The van der Waals surface area contributed by atoms with Gasteiger partial charge in [0.15, 0.2) is 0 Å². The number of rotatable bonds is 4. The summed E-state index contributed by atoms with van der Waals surface area (Å²) in [7, 11) is 0. The lowest BCUT2D eigenvalue weighted by molar-refractivity contribution is 0.527. The molecule has 5 rings (SSSR count). The average molecular weight is 443 g/mol. The molecule has 1 unspecified atom stereocenters. The Morgan fingerprint density at radius 2 is 1.97 bits per heavy atom. The molecule has 4 aromatic rings. The van der Waals surface area contributed by atoms with Crippen LogP contribution in [0.2, 0.25) is 5.02 Å². The largest absolute Gasteiger partial charge is 0.328 e. The lowest BCUT2D eigenvalue weighted by Crippen LogP contribution is -2.32. The molecule has 0 amide bonds. The Balaban J connectivity index is 1.43. The summed E-state index contributed by atoms with van der Waals surface area (Å²) in [6, 6.07) is 16.6. The number of halogens is 1. The molecule has 8 heteroatoms. The number of hydrogen-bond acceptors (Lipinski definition) is 5. The molecule has 7 nitrogen and oxygen atoms in total. The summed E-state index contributed by atoms with van der Waals surface area (Å²) >= 11 is 6.02. The van der Waals surface area contributed by atoms with Crippen LogP contribution in [0.15, 0.2) is 72.0 Å². The highest BCUT2D eigenvalue weighted by atomic mass is 35.5. The van der Waals surface area contributed by atoms with Gasteiger partial charge in [-0.15, -0.1) is 0 Å². The van der Waals surface area contributed by atoms with Gasteiger partial charge >= 0.3 is 0 Å². The Labute approximate surface area is 189 Å². The van der Waals surface area contributed by atoms with Gasteiger partial charge in [0.25, 0.3) is 5.56 Å². The zero-order valence-electron chi connectivity index (χ0n) is 17.1. The summed E-state index contributed by atoms with van der Waals surface area (Å²) in [5.74, 6) is 0.519. The summed E-state index contributed by atoms with van der Waals surface area (Å²) in [5, 5.41) is 13.1. The molecular formula is C24H19ClN6O. The molecule has 0 radical (unpaired) electrons. The van der Waals surface area contributed by atoms with Crippen LogP contribution in [0.4, 0.5) is 0 Å². The Hall–Kier alpha value is -3.73. The van der Waals surface area contributed by atoms with Crippen molar-refractivity contribution in [2.45, 2.75) is 19.0 Å². The van der Waals surface area contributed by atoms with Crippen molar-refractivity contribution in [1.29, 1.82) is 5.26 Å². The maximum Gasteiger partial charge on any atom is 0.256 e. The molecule has 0 aliphatic carbocycles. The predicted molar refractivity (Wildman–Crippen MR) is 121 cm³/mol. The van der Waals surface area contributed by atoms with E-state index in [0.29, 0.717) is 22.9 Å². The smallest absolute Gasteiger partial charge is 0.256 e. The molecule has 1 aromatic carbocycles. The summed E-state index contributed by atoms with van der Waals surface area (Å²) < 4.78 is 3.56. The third-order valence-corrected chi connectivity index (χ3v) is 5.82. The second-order valence-electron chi connectivity index (χ2n) is 7.66. The minimum atomic E-state index is -0.185. The highest BCUT2D eigenvalue weighted by molar-refractivity contribution is 6.30. The quantitative estimate of drug-likeness (QED) is 0.524. The van der Waals surface area contributed by atoms with E-state index in [1.54, 1.807) is 18.5 Å². The van der Waals surface area contributed by atoms with Crippen LogP contribution in [-0.4, -0.2) is 25.6 Å². The highest BCUT2D eigenvalue weighted by Gasteiger charge is 2.26. The van der Waals surface area contributed by atoms with Crippen molar-refractivity contribution < 1.29 is 0 Å². The van der Waals surface area contributed by atoms with Crippen molar-refractivity contribution in [3.8, 4) is 11.9 Å². The van der Waals surface area contributed by atoms with Crippen molar-refractivity contribution in [3.05, 3.63) is 111 Å². The molecule has 3 aromatic heterocycles. The van der Waals surface area contributed by atoms with E-state index in [4.69, 9.17) is 16.9 Å². The van der Waals surface area contributed by atoms with Crippen LogP contribution >= 0.6 is 11.6 Å². The molecule has 0 fully saturated rings. The van der Waals surface area contributed by atoms with Crippen molar-refractivity contribution in [3.63, 3.8) is 0 Å². The summed E-state index contributed by atoms with van der Waals surface area (Å²) in [6.45, 7) is 1.45. The molecular weight excluding hydrogens is 424 g/mol. The highest BCUT2D eigenvalue weighted by Crippen LogP contribution is 2.29. The molecule has 0 saturated carbocycles. The topological polar surface area (TPSA) is 88.5 Å².